The van der Waals surface area contributed by atoms with E-state index < -0.39 is 12.3 Å². The van der Waals surface area contributed by atoms with Crippen molar-refractivity contribution in [3.05, 3.63) is 59.5 Å². The molecule has 8 nitrogen and oxygen atoms in total. The summed E-state index contributed by atoms with van der Waals surface area (Å²) in [6.07, 6.45) is 2.63. The zero-order valence-corrected chi connectivity index (χ0v) is 18.5. The van der Waals surface area contributed by atoms with Gasteiger partial charge in [-0.1, -0.05) is 25.0 Å². The van der Waals surface area contributed by atoms with E-state index in [1.165, 1.54) is 6.20 Å². The SMILES string of the molecule is Cc1nc2ccccc2n1[C@@H]1CCCC[C@H]1N1Cc2ncc(-c3nnc(C(F)F)o3)cc2C1=O. The van der Waals surface area contributed by atoms with Gasteiger partial charge in [-0.2, -0.15) is 8.78 Å². The van der Waals surface area contributed by atoms with E-state index in [2.05, 4.69) is 25.8 Å². The predicted molar refractivity (Wildman–Crippen MR) is 118 cm³/mol. The smallest absolute Gasteiger partial charge is 0.314 e. The molecule has 6 rings (SSSR count). The van der Waals surface area contributed by atoms with Crippen molar-refractivity contribution in [1.29, 1.82) is 0 Å². The number of carbonyl (C=O) groups is 1. The minimum absolute atomic E-state index is 0.00375. The maximum absolute atomic E-state index is 13.5. The normalized spacial score (nSPS) is 20.5. The first-order valence-electron chi connectivity index (χ1n) is 11.4. The highest BCUT2D eigenvalue weighted by Gasteiger charge is 2.40. The maximum atomic E-state index is 13.5. The Morgan fingerprint density at radius 1 is 1.12 bits per heavy atom. The number of rotatable bonds is 4. The van der Waals surface area contributed by atoms with Crippen molar-refractivity contribution in [2.45, 2.75) is 57.7 Å². The lowest BCUT2D eigenvalue weighted by atomic mass is 9.88. The number of imidazole rings is 1. The monoisotopic (exact) mass is 464 g/mol. The first-order chi connectivity index (χ1) is 16.5. The van der Waals surface area contributed by atoms with Gasteiger partial charge in [-0.15, -0.1) is 10.2 Å². The number of carbonyl (C=O) groups excluding carboxylic acids is 1. The number of hydrogen-bond donors (Lipinski definition) is 0. The lowest BCUT2D eigenvalue weighted by Crippen LogP contribution is -2.43. The molecule has 1 saturated carbocycles. The van der Waals surface area contributed by atoms with E-state index in [1.54, 1.807) is 6.07 Å². The van der Waals surface area contributed by atoms with Gasteiger partial charge in [0.1, 0.15) is 5.82 Å². The molecule has 2 atom stereocenters. The lowest BCUT2D eigenvalue weighted by Gasteiger charge is -2.39. The Hall–Kier alpha value is -3.69. The third-order valence-electron chi connectivity index (χ3n) is 6.85. The molecule has 1 amide bonds. The zero-order chi connectivity index (χ0) is 23.4. The average molecular weight is 464 g/mol. The zero-order valence-electron chi connectivity index (χ0n) is 18.5. The fourth-order valence-electron chi connectivity index (χ4n) is 5.36. The highest BCUT2D eigenvalue weighted by molar-refractivity contribution is 5.99. The second-order valence-corrected chi connectivity index (χ2v) is 8.83. The second-order valence-electron chi connectivity index (χ2n) is 8.83. The fourth-order valence-corrected chi connectivity index (χ4v) is 5.36. The van der Waals surface area contributed by atoms with Gasteiger partial charge in [0.05, 0.1) is 46.5 Å². The summed E-state index contributed by atoms with van der Waals surface area (Å²) in [6.45, 7) is 2.42. The Bertz CT molecular complexity index is 1400. The standard InChI is InChI=1S/C24H22F2N6O2/c1-13-28-16-6-2-3-7-18(16)32(13)20-9-5-4-8-19(20)31-12-17-15(24(31)33)10-14(11-27-17)22-29-30-23(34-22)21(25)26/h2-3,6-7,10-11,19-21H,4-5,8-9,12H2,1H3/t19-,20-/m1/s1. The maximum Gasteiger partial charge on any atom is 0.314 e. The van der Waals surface area contributed by atoms with Crippen molar-refractivity contribution in [3.8, 4) is 11.5 Å². The van der Waals surface area contributed by atoms with Crippen LogP contribution < -0.4 is 0 Å². The van der Waals surface area contributed by atoms with Crippen LogP contribution in [0, 0.1) is 6.92 Å². The van der Waals surface area contributed by atoms with Gasteiger partial charge in [-0.05, 0) is 38.0 Å². The number of aryl methyl sites for hydroxylation is 1. The van der Waals surface area contributed by atoms with Crippen LogP contribution in [0.2, 0.25) is 0 Å². The molecule has 0 radical (unpaired) electrons. The van der Waals surface area contributed by atoms with Crippen LogP contribution in [0.25, 0.3) is 22.5 Å². The van der Waals surface area contributed by atoms with Crippen LogP contribution >= 0.6 is 0 Å². The lowest BCUT2D eigenvalue weighted by molar-refractivity contribution is 0.0572. The van der Waals surface area contributed by atoms with Crippen LogP contribution in [0.3, 0.4) is 0 Å². The van der Waals surface area contributed by atoms with E-state index in [1.807, 2.05) is 30.0 Å². The molecule has 3 aromatic heterocycles. The molecule has 174 valence electrons. The van der Waals surface area contributed by atoms with Crippen molar-refractivity contribution in [3.63, 3.8) is 0 Å². The number of halogens is 2. The van der Waals surface area contributed by atoms with Crippen molar-refractivity contribution in [2.75, 3.05) is 0 Å². The van der Waals surface area contributed by atoms with Gasteiger partial charge < -0.3 is 13.9 Å². The third kappa shape index (κ3) is 3.27. The van der Waals surface area contributed by atoms with Gasteiger partial charge >= 0.3 is 6.43 Å². The molecule has 1 aliphatic heterocycles. The van der Waals surface area contributed by atoms with E-state index in [0.29, 0.717) is 23.4 Å². The van der Waals surface area contributed by atoms with Gasteiger partial charge in [0.15, 0.2) is 0 Å². The van der Waals surface area contributed by atoms with Crippen molar-refractivity contribution in [1.82, 2.24) is 29.6 Å². The van der Waals surface area contributed by atoms with Crippen LogP contribution in [-0.2, 0) is 6.54 Å². The number of fused-ring (bicyclic) bond motifs is 2. The molecule has 4 aromatic rings. The van der Waals surface area contributed by atoms with E-state index >= 15 is 0 Å². The summed E-state index contributed by atoms with van der Waals surface area (Å²) in [4.78, 5) is 24.6. The summed E-state index contributed by atoms with van der Waals surface area (Å²) in [6, 6.07) is 9.81. The van der Waals surface area contributed by atoms with Crippen LogP contribution in [-0.4, -0.2) is 41.6 Å². The second kappa shape index (κ2) is 7.96. The Balaban J connectivity index is 1.33. The number of benzene rings is 1. The topological polar surface area (TPSA) is 89.9 Å². The molecular weight excluding hydrogens is 442 g/mol. The summed E-state index contributed by atoms with van der Waals surface area (Å²) < 4.78 is 33.0. The third-order valence-corrected chi connectivity index (χ3v) is 6.85. The number of para-hydroxylation sites is 2. The molecule has 4 heterocycles. The fraction of sp³-hybridized carbons (Fsp3) is 0.375. The first kappa shape index (κ1) is 20.9. The van der Waals surface area contributed by atoms with Gasteiger partial charge in [0, 0.05) is 6.20 Å². The van der Waals surface area contributed by atoms with E-state index in [0.717, 1.165) is 42.5 Å². The minimum atomic E-state index is -2.85. The molecule has 1 aromatic carbocycles. The highest BCUT2D eigenvalue weighted by atomic mass is 19.3. The summed E-state index contributed by atoms with van der Waals surface area (Å²) in [5.74, 6) is -0.00449. The highest BCUT2D eigenvalue weighted by Crippen LogP contribution is 2.39. The van der Waals surface area contributed by atoms with Crippen molar-refractivity contribution >= 4 is 16.9 Å². The Labute approximate surface area is 193 Å². The van der Waals surface area contributed by atoms with E-state index in [-0.39, 0.29) is 23.9 Å². The molecule has 2 aliphatic rings. The van der Waals surface area contributed by atoms with E-state index in [9.17, 15) is 13.6 Å². The van der Waals surface area contributed by atoms with Gasteiger partial charge in [0.2, 0.25) is 5.89 Å². The van der Waals surface area contributed by atoms with E-state index in [4.69, 9.17) is 9.40 Å². The largest absolute Gasteiger partial charge is 0.415 e. The number of alkyl halides is 2. The molecule has 0 bridgehead atoms. The summed E-state index contributed by atoms with van der Waals surface area (Å²) >= 11 is 0. The van der Waals surface area contributed by atoms with Crippen LogP contribution in [0.1, 0.15) is 65.9 Å². The van der Waals surface area contributed by atoms with Gasteiger partial charge in [-0.3, -0.25) is 9.78 Å². The molecule has 0 saturated heterocycles. The number of aromatic nitrogens is 5. The van der Waals surface area contributed by atoms with Crippen molar-refractivity contribution in [2.24, 2.45) is 0 Å². The predicted octanol–water partition coefficient (Wildman–Crippen LogP) is 4.87. The summed E-state index contributed by atoms with van der Waals surface area (Å²) in [5.41, 5.74) is 3.50. The van der Waals surface area contributed by atoms with Crippen molar-refractivity contribution < 1.29 is 18.0 Å². The molecule has 0 N–H and O–H groups in total. The Morgan fingerprint density at radius 3 is 2.71 bits per heavy atom. The van der Waals surface area contributed by atoms with Crippen LogP contribution in [0.5, 0.6) is 0 Å². The molecular formula is C24H22F2N6O2. The number of amides is 1. The van der Waals surface area contributed by atoms with Gasteiger partial charge in [-0.25, -0.2) is 4.98 Å². The quantitative estimate of drug-likeness (QED) is 0.428. The minimum Gasteiger partial charge on any atom is -0.415 e. The van der Waals surface area contributed by atoms with Crippen LogP contribution in [0.4, 0.5) is 8.78 Å². The molecule has 34 heavy (non-hydrogen) atoms. The molecule has 1 fully saturated rings. The van der Waals surface area contributed by atoms with Gasteiger partial charge in [0.25, 0.3) is 11.8 Å². The Kier molecular flexibility index (Phi) is 4.89. The first-order valence-corrected chi connectivity index (χ1v) is 11.4. The molecule has 1 aliphatic carbocycles. The molecule has 0 unspecified atom stereocenters. The summed E-state index contributed by atoms with van der Waals surface area (Å²) in [7, 11) is 0. The average Bonchev–Trinajstić information content (AvgIpc) is 3.54. The number of pyridine rings is 1. The summed E-state index contributed by atoms with van der Waals surface area (Å²) in [5, 5.41) is 7.05. The number of hydrogen-bond acceptors (Lipinski definition) is 6. The number of nitrogens with zero attached hydrogens (tertiary/aromatic N) is 6. The Morgan fingerprint density at radius 2 is 1.91 bits per heavy atom. The molecule has 10 heteroatoms. The van der Waals surface area contributed by atoms with Crippen LogP contribution in [0.15, 0.2) is 40.9 Å². The molecule has 0 spiro atoms.